The Labute approximate surface area is 209 Å². The number of carbonyl (C=O) groups is 2. The second kappa shape index (κ2) is 8.87. The molecule has 2 heterocycles. The standard InChI is InChI=1S/C28H27ClN4O2/c1-31(2)13-14-32(3)18-11-9-17-10-12-22(29)24(20(17)15-18)26-25(27(34)30-28(26)35)21-16-33(4)23-8-6-5-7-19(21)23/h5-12,15-16H,13-14H2,1-4H3,(H,30,34,35). The summed E-state index contributed by atoms with van der Waals surface area (Å²) in [7, 11) is 8.06. The van der Waals surface area contributed by atoms with Crippen LogP contribution in [-0.4, -0.2) is 55.5 Å². The molecule has 1 N–H and O–H groups in total. The number of amides is 2. The number of likely N-dealkylation sites (N-methyl/N-ethyl adjacent to an activating group) is 2. The van der Waals surface area contributed by atoms with E-state index in [0.29, 0.717) is 27.3 Å². The molecule has 1 aromatic heterocycles. The van der Waals surface area contributed by atoms with Gasteiger partial charge in [0.25, 0.3) is 11.8 Å². The number of halogens is 1. The molecule has 5 rings (SSSR count). The lowest BCUT2D eigenvalue weighted by atomic mass is 9.92. The molecule has 4 aromatic rings. The highest BCUT2D eigenvalue weighted by atomic mass is 35.5. The van der Waals surface area contributed by atoms with E-state index in [1.807, 2.05) is 75.4 Å². The summed E-state index contributed by atoms with van der Waals surface area (Å²) in [4.78, 5) is 30.7. The van der Waals surface area contributed by atoms with Crippen LogP contribution in [0.3, 0.4) is 0 Å². The molecule has 0 atom stereocenters. The van der Waals surface area contributed by atoms with Crippen LogP contribution in [0.4, 0.5) is 5.69 Å². The molecule has 1 aliphatic heterocycles. The summed E-state index contributed by atoms with van der Waals surface area (Å²) in [5.74, 6) is -0.840. The number of benzene rings is 3. The predicted octanol–water partition coefficient (Wildman–Crippen LogP) is 4.55. The normalized spacial score (nSPS) is 14.0. The molecule has 2 amide bonds. The van der Waals surface area contributed by atoms with Gasteiger partial charge in [-0.25, -0.2) is 0 Å². The molecule has 0 radical (unpaired) electrons. The average molecular weight is 487 g/mol. The fourth-order valence-corrected chi connectivity index (χ4v) is 5.00. The van der Waals surface area contributed by atoms with Gasteiger partial charge in [0, 0.05) is 66.1 Å². The number of imide groups is 1. The SMILES string of the molecule is CN(C)CCN(C)c1ccc2ccc(Cl)c(C3=C(c4cn(C)c5ccccc45)C(=O)NC3=O)c2c1. The third kappa shape index (κ3) is 3.99. The Balaban J connectivity index is 1.76. The minimum Gasteiger partial charge on any atom is -0.373 e. The molecule has 0 aliphatic carbocycles. The van der Waals surface area contributed by atoms with E-state index >= 15 is 0 Å². The molecule has 0 saturated heterocycles. The molecule has 0 saturated carbocycles. The largest absolute Gasteiger partial charge is 0.373 e. The first-order valence-electron chi connectivity index (χ1n) is 11.5. The molecule has 3 aromatic carbocycles. The van der Waals surface area contributed by atoms with E-state index in [2.05, 4.69) is 27.2 Å². The maximum absolute atomic E-state index is 13.2. The van der Waals surface area contributed by atoms with Crippen molar-refractivity contribution in [2.45, 2.75) is 0 Å². The van der Waals surface area contributed by atoms with E-state index in [9.17, 15) is 9.59 Å². The van der Waals surface area contributed by atoms with Crippen LogP contribution in [0.5, 0.6) is 0 Å². The van der Waals surface area contributed by atoms with Crippen molar-refractivity contribution in [3.05, 3.63) is 76.9 Å². The molecule has 0 unspecified atom stereocenters. The summed E-state index contributed by atoms with van der Waals surface area (Å²) < 4.78 is 1.97. The van der Waals surface area contributed by atoms with Gasteiger partial charge in [-0.1, -0.05) is 41.9 Å². The molecule has 1 aliphatic rings. The van der Waals surface area contributed by atoms with Crippen molar-refractivity contribution < 1.29 is 9.59 Å². The van der Waals surface area contributed by atoms with Crippen LogP contribution in [-0.2, 0) is 16.6 Å². The first-order valence-corrected chi connectivity index (χ1v) is 11.9. The van der Waals surface area contributed by atoms with Gasteiger partial charge in [0.15, 0.2) is 0 Å². The van der Waals surface area contributed by atoms with Crippen LogP contribution in [0.1, 0.15) is 11.1 Å². The second-order valence-corrected chi connectivity index (χ2v) is 9.66. The zero-order chi connectivity index (χ0) is 24.9. The number of hydrogen-bond acceptors (Lipinski definition) is 4. The summed E-state index contributed by atoms with van der Waals surface area (Å²) in [6.45, 7) is 1.75. The van der Waals surface area contributed by atoms with E-state index in [4.69, 9.17) is 11.6 Å². The zero-order valence-electron chi connectivity index (χ0n) is 20.2. The van der Waals surface area contributed by atoms with Crippen molar-refractivity contribution in [2.24, 2.45) is 7.05 Å². The molecule has 0 bridgehead atoms. The highest BCUT2D eigenvalue weighted by molar-refractivity contribution is 6.52. The first kappa shape index (κ1) is 23.1. The van der Waals surface area contributed by atoms with Crippen molar-refractivity contribution in [3.8, 4) is 0 Å². The van der Waals surface area contributed by atoms with Crippen LogP contribution in [0, 0.1) is 0 Å². The monoisotopic (exact) mass is 486 g/mol. The van der Waals surface area contributed by atoms with E-state index in [1.165, 1.54) is 0 Å². The fraction of sp³-hybridized carbons (Fsp3) is 0.214. The molecular weight excluding hydrogens is 460 g/mol. The number of aromatic nitrogens is 1. The Morgan fingerprint density at radius 1 is 0.886 bits per heavy atom. The van der Waals surface area contributed by atoms with Crippen molar-refractivity contribution in [1.29, 1.82) is 0 Å². The lowest BCUT2D eigenvalue weighted by Crippen LogP contribution is -2.28. The fourth-order valence-electron chi connectivity index (χ4n) is 4.74. The number of fused-ring (bicyclic) bond motifs is 2. The van der Waals surface area contributed by atoms with Gasteiger partial charge in [0.1, 0.15) is 0 Å². The number of para-hydroxylation sites is 1. The molecule has 6 nitrogen and oxygen atoms in total. The highest BCUT2D eigenvalue weighted by Gasteiger charge is 2.35. The van der Waals surface area contributed by atoms with Crippen molar-refractivity contribution in [3.63, 3.8) is 0 Å². The third-order valence-electron chi connectivity index (χ3n) is 6.63. The Hall–Kier alpha value is -3.61. The molecule has 0 fully saturated rings. The summed E-state index contributed by atoms with van der Waals surface area (Å²) in [6.07, 6.45) is 1.90. The Morgan fingerprint density at radius 3 is 2.37 bits per heavy atom. The Kier molecular flexibility index (Phi) is 5.87. The number of carbonyl (C=O) groups excluding carboxylic acids is 2. The zero-order valence-corrected chi connectivity index (χ0v) is 21.0. The number of nitrogens with zero attached hydrogens (tertiary/aromatic N) is 3. The topological polar surface area (TPSA) is 57.6 Å². The van der Waals surface area contributed by atoms with Crippen molar-refractivity contribution in [2.75, 3.05) is 39.1 Å². The average Bonchev–Trinajstić information content (AvgIpc) is 3.31. The van der Waals surface area contributed by atoms with Crippen molar-refractivity contribution >= 4 is 61.9 Å². The van der Waals surface area contributed by atoms with Gasteiger partial charge < -0.3 is 14.4 Å². The van der Waals surface area contributed by atoms with E-state index in [-0.39, 0.29) is 0 Å². The number of rotatable bonds is 6. The van der Waals surface area contributed by atoms with Gasteiger partial charge in [-0.3, -0.25) is 14.9 Å². The Bertz CT molecular complexity index is 1530. The lowest BCUT2D eigenvalue weighted by molar-refractivity contribution is -0.122. The quantitative estimate of drug-likeness (QED) is 0.406. The summed E-state index contributed by atoms with van der Waals surface area (Å²) >= 11 is 6.76. The third-order valence-corrected chi connectivity index (χ3v) is 6.94. The van der Waals surface area contributed by atoms with E-state index < -0.39 is 11.8 Å². The molecule has 0 spiro atoms. The van der Waals surface area contributed by atoms with E-state index in [0.717, 1.165) is 40.5 Å². The molecule has 35 heavy (non-hydrogen) atoms. The van der Waals surface area contributed by atoms with Gasteiger partial charge in [0.2, 0.25) is 0 Å². The van der Waals surface area contributed by atoms with E-state index in [1.54, 1.807) is 6.07 Å². The molecular formula is C28H27ClN4O2. The predicted molar refractivity (Wildman–Crippen MR) is 144 cm³/mol. The number of anilines is 1. The number of aryl methyl sites for hydroxylation is 1. The van der Waals surface area contributed by atoms with Gasteiger partial charge in [-0.05, 0) is 49.1 Å². The number of hydrogen-bond donors (Lipinski definition) is 1. The Morgan fingerprint density at radius 2 is 1.60 bits per heavy atom. The van der Waals surface area contributed by atoms with Gasteiger partial charge >= 0.3 is 0 Å². The maximum Gasteiger partial charge on any atom is 0.259 e. The van der Waals surface area contributed by atoms with Gasteiger partial charge in [-0.15, -0.1) is 0 Å². The van der Waals surface area contributed by atoms with Gasteiger partial charge in [0.05, 0.1) is 11.1 Å². The maximum atomic E-state index is 13.2. The summed E-state index contributed by atoms with van der Waals surface area (Å²) in [6, 6.07) is 17.7. The summed E-state index contributed by atoms with van der Waals surface area (Å²) in [5.41, 5.74) is 3.96. The van der Waals surface area contributed by atoms with Crippen LogP contribution < -0.4 is 10.2 Å². The first-order chi connectivity index (χ1) is 16.8. The second-order valence-electron chi connectivity index (χ2n) is 9.26. The molecule has 7 heteroatoms. The minimum atomic E-state index is -0.432. The number of nitrogens with one attached hydrogen (secondary N) is 1. The van der Waals surface area contributed by atoms with Crippen LogP contribution in [0.15, 0.2) is 60.8 Å². The van der Waals surface area contributed by atoms with Crippen LogP contribution in [0.25, 0.3) is 32.8 Å². The molecule has 178 valence electrons. The minimum absolute atomic E-state index is 0.315. The smallest absolute Gasteiger partial charge is 0.259 e. The van der Waals surface area contributed by atoms with Crippen LogP contribution in [0.2, 0.25) is 5.02 Å². The highest BCUT2D eigenvalue weighted by Crippen LogP contribution is 2.41. The summed E-state index contributed by atoms with van der Waals surface area (Å²) in [5, 5.41) is 5.65. The van der Waals surface area contributed by atoms with Crippen molar-refractivity contribution in [1.82, 2.24) is 14.8 Å². The van der Waals surface area contributed by atoms with Crippen LogP contribution >= 0.6 is 11.6 Å². The van der Waals surface area contributed by atoms with Gasteiger partial charge in [-0.2, -0.15) is 0 Å². The lowest BCUT2D eigenvalue weighted by Gasteiger charge is -2.22.